The second-order valence-corrected chi connectivity index (χ2v) is 7.99. The maximum atomic E-state index is 12.8. The fraction of sp³-hybridized carbons (Fsp3) is 0.375. The highest BCUT2D eigenvalue weighted by atomic mass is 16.5. The molecule has 2 unspecified atom stereocenters. The molecule has 2 aromatic carbocycles. The van der Waals surface area contributed by atoms with Crippen LogP contribution < -0.4 is 5.32 Å². The molecule has 6 nitrogen and oxygen atoms in total. The van der Waals surface area contributed by atoms with Crippen molar-refractivity contribution in [3.8, 4) is 0 Å². The Morgan fingerprint density at radius 1 is 1.03 bits per heavy atom. The highest BCUT2D eigenvalue weighted by molar-refractivity contribution is 5.89. The molecule has 1 aliphatic heterocycles. The Hall–Kier alpha value is -3.15. The van der Waals surface area contributed by atoms with E-state index in [4.69, 9.17) is 4.74 Å². The van der Waals surface area contributed by atoms with Crippen LogP contribution in [0.25, 0.3) is 0 Å². The van der Waals surface area contributed by atoms with E-state index in [0.717, 1.165) is 24.8 Å². The number of nitrogens with one attached hydrogen (secondary N) is 1. The Kier molecular flexibility index (Phi) is 6.12. The summed E-state index contributed by atoms with van der Waals surface area (Å²) in [5.74, 6) is -1.40. The smallest absolute Gasteiger partial charge is 0.312 e. The SMILES string of the molecule is O=C(OC(C(=O)NC1CC1)c1ccccc1)C1CC(=O)N(CCc2ccccc2)C1. The van der Waals surface area contributed by atoms with Gasteiger partial charge >= 0.3 is 5.97 Å². The van der Waals surface area contributed by atoms with Gasteiger partial charge in [0.15, 0.2) is 0 Å². The molecule has 0 spiro atoms. The molecule has 1 saturated heterocycles. The Morgan fingerprint density at radius 2 is 1.70 bits per heavy atom. The summed E-state index contributed by atoms with van der Waals surface area (Å²) in [7, 11) is 0. The molecule has 1 N–H and O–H groups in total. The number of hydrogen-bond donors (Lipinski definition) is 1. The minimum Gasteiger partial charge on any atom is -0.447 e. The largest absolute Gasteiger partial charge is 0.447 e. The lowest BCUT2D eigenvalue weighted by Gasteiger charge is -2.20. The lowest BCUT2D eigenvalue weighted by molar-refractivity contribution is -0.160. The van der Waals surface area contributed by atoms with Gasteiger partial charge in [-0.3, -0.25) is 14.4 Å². The summed E-state index contributed by atoms with van der Waals surface area (Å²) >= 11 is 0. The van der Waals surface area contributed by atoms with E-state index in [0.29, 0.717) is 18.7 Å². The van der Waals surface area contributed by atoms with Crippen LogP contribution in [0.2, 0.25) is 0 Å². The first-order valence-corrected chi connectivity index (χ1v) is 10.5. The fourth-order valence-corrected chi connectivity index (χ4v) is 3.67. The molecule has 1 saturated carbocycles. The summed E-state index contributed by atoms with van der Waals surface area (Å²) in [6.07, 6.45) is 1.78. The number of carbonyl (C=O) groups is 3. The number of ether oxygens (including phenoxy) is 1. The molecule has 6 heteroatoms. The number of benzene rings is 2. The van der Waals surface area contributed by atoms with Crippen LogP contribution in [0.1, 0.15) is 36.5 Å². The van der Waals surface area contributed by atoms with Gasteiger partial charge in [-0.2, -0.15) is 0 Å². The van der Waals surface area contributed by atoms with Crippen molar-refractivity contribution < 1.29 is 19.1 Å². The zero-order valence-corrected chi connectivity index (χ0v) is 16.8. The minimum atomic E-state index is -0.993. The second kappa shape index (κ2) is 9.11. The van der Waals surface area contributed by atoms with Gasteiger partial charge < -0.3 is 15.0 Å². The standard InChI is InChI=1S/C24H26N2O4/c27-21-15-19(16-26(21)14-13-17-7-3-1-4-8-17)24(29)30-22(18-9-5-2-6-10-18)23(28)25-20-11-12-20/h1-10,19-20,22H,11-16H2,(H,25,28). The van der Waals surface area contributed by atoms with Crippen molar-refractivity contribution in [3.63, 3.8) is 0 Å². The molecule has 1 aliphatic carbocycles. The number of likely N-dealkylation sites (tertiary alicyclic amines) is 1. The van der Waals surface area contributed by atoms with Gasteiger partial charge in [-0.05, 0) is 24.8 Å². The van der Waals surface area contributed by atoms with E-state index < -0.39 is 18.0 Å². The van der Waals surface area contributed by atoms with E-state index in [9.17, 15) is 14.4 Å². The van der Waals surface area contributed by atoms with Crippen molar-refractivity contribution >= 4 is 17.8 Å². The summed E-state index contributed by atoms with van der Waals surface area (Å²) in [5.41, 5.74) is 1.78. The monoisotopic (exact) mass is 406 g/mol. The minimum absolute atomic E-state index is 0.0495. The van der Waals surface area contributed by atoms with E-state index in [1.54, 1.807) is 17.0 Å². The van der Waals surface area contributed by atoms with Crippen LogP contribution in [-0.2, 0) is 25.5 Å². The van der Waals surface area contributed by atoms with E-state index in [-0.39, 0.29) is 24.3 Å². The third kappa shape index (κ3) is 5.06. The van der Waals surface area contributed by atoms with Crippen molar-refractivity contribution in [2.75, 3.05) is 13.1 Å². The van der Waals surface area contributed by atoms with Crippen LogP contribution in [0, 0.1) is 5.92 Å². The van der Waals surface area contributed by atoms with E-state index in [1.165, 1.54) is 0 Å². The molecule has 156 valence electrons. The van der Waals surface area contributed by atoms with Crippen LogP contribution in [0.4, 0.5) is 0 Å². The zero-order chi connectivity index (χ0) is 20.9. The van der Waals surface area contributed by atoms with Crippen molar-refractivity contribution in [2.24, 2.45) is 5.92 Å². The van der Waals surface area contributed by atoms with Gasteiger partial charge in [-0.25, -0.2) is 0 Å². The van der Waals surface area contributed by atoms with E-state index in [1.807, 2.05) is 48.5 Å². The molecule has 2 atom stereocenters. The topological polar surface area (TPSA) is 75.7 Å². The molecule has 0 bridgehead atoms. The second-order valence-electron chi connectivity index (χ2n) is 7.99. The van der Waals surface area contributed by atoms with Crippen LogP contribution in [0.15, 0.2) is 60.7 Å². The molecule has 0 aromatic heterocycles. The number of amides is 2. The molecule has 2 amide bonds. The lowest BCUT2D eigenvalue weighted by Crippen LogP contribution is -2.35. The number of rotatable bonds is 8. The number of carbonyl (C=O) groups excluding carboxylic acids is 3. The van der Waals surface area contributed by atoms with Crippen LogP contribution in [-0.4, -0.2) is 41.8 Å². The maximum absolute atomic E-state index is 12.8. The summed E-state index contributed by atoms with van der Waals surface area (Å²) in [6.45, 7) is 0.896. The van der Waals surface area contributed by atoms with Crippen LogP contribution in [0.5, 0.6) is 0 Å². The van der Waals surface area contributed by atoms with Gasteiger partial charge in [0.2, 0.25) is 12.0 Å². The molecule has 2 aromatic rings. The Bertz CT molecular complexity index is 896. The molecular weight excluding hydrogens is 380 g/mol. The van der Waals surface area contributed by atoms with E-state index >= 15 is 0 Å². The number of nitrogens with zero attached hydrogens (tertiary/aromatic N) is 1. The normalized spacial score (nSPS) is 19.4. The highest BCUT2D eigenvalue weighted by Gasteiger charge is 2.38. The van der Waals surface area contributed by atoms with Crippen LogP contribution in [0.3, 0.4) is 0 Å². The van der Waals surface area contributed by atoms with Gasteiger partial charge in [0, 0.05) is 31.1 Å². The van der Waals surface area contributed by atoms with Gasteiger partial charge in [-0.15, -0.1) is 0 Å². The van der Waals surface area contributed by atoms with Gasteiger partial charge in [0.1, 0.15) is 0 Å². The molecule has 30 heavy (non-hydrogen) atoms. The predicted octanol–water partition coefficient (Wildman–Crippen LogP) is 2.64. The van der Waals surface area contributed by atoms with Gasteiger partial charge in [-0.1, -0.05) is 60.7 Å². The summed E-state index contributed by atoms with van der Waals surface area (Å²) in [6, 6.07) is 19.1. The molecule has 2 aliphatic rings. The average Bonchev–Trinajstić information content (AvgIpc) is 3.51. The van der Waals surface area contributed by atoms with Gasteiger partial charge in [0.05, 0.1) is 5.92 Å². The first-order valence-electron chi connectivity index (χ1n) is 10.5. The quantitative estimate of drug-likeness (QED) is 0.684. The predicted molar refractivity (Wildman–Crippen MR) is 111 cm³/mol. The van der Waals surface area contributed by atoms with Crippen molar-refractivity contribution in [1.82, 2.24) is 10.2 Å². The summed E-state index contributed by atoms with van der Waals surface area (Å²) in [4.78, 5) is 39.6. The van der Waals surface area contributed by atoms with Crippen molar-refractivity contribution in [2.45, 2.75) is 37.8 Å². The summed E-state index contributed by atoms with van der Waals surface area (Å²) in [5, 5.41) is 2.91. The zero-order valence-electron chi connectivity index (χ0n) is 16.8. The first kappa shape index (κ1) is 20.1. The Morgan fingerprint density at radius 3 is 2.37 bits per heavy atom. The van der Waals surface area contributed by atoms with Crippen molar-refractivity contribution in [3.05, 3.63) is 71.8 Å². The molecule has 4 rings (SSSR count). The van der Waals surface area contributed by atoms with Crippen LogP contribution >= 0.6 is 0 Å². The highest BCUT2D eigenvalue weighted by Crippen LogP contribution is 2.26. The van der Waals surface area contributed by atoms with E-state index in [2.05, 4.69) is 5.32 Å². The Labute approximate surface area is 176 Å². The fourth-order valence-electron chi connectivity index (χ4n) is 3.67. The third-order valence-corrected chi connectivity index (χ3v) is 5.56. The van der Waals surface area contributed by atoms with Gasteiger partial charge in [0.25, 0.3) is 5.91 Å². The number of esters is 1. The molecule has 0 radical (unpaired) electrons. The third-order valence-electron chi connectivity index (χ3n) is 5.56. The molecule has 2 fully saturated rings. The average molecular weight is 406 g/mol. The first-order chi connectivity index (χ1) is 14.6. The van der Waals surface area contributed by atoms with Crippen molar-refractivity contribution in [1.29, 1.82) is 0 Å². The Balaban J connectivity index is 1.37. The lowest BCUT2D eigenvalue weighted by atomic mass is 10.1. The summed E-state index contributed by atoms with van der Waals surface area (Å²) < 4.78 is 5.64. The number of hydrogen-bond acceptors (Lipinski definition) is 4. The molecule has 1 heterocycles. The maximum Gasteiger partial charge on any atom is 0.312 e. The molecular formula is C24H26N2O4.